The molecule has 27 heavy (non-hydrogen) atoms. The fourth-order valence-electron chi connectivity index (χ4n) is 2.61. The van der Waals surface area contributed by atoms with E-state index in [1.165, 1.54) is 31.2 Å². The van der Waals surface area contributed by atoms with E-state index in [1.807, 2.05) is 13.8 Å². The van der Waals surface area contributed by atoms with Crippen molar-refractivity contribution in [2.75, 3.05) is 19.7 Å². The standard InChI is InChI=1S/C18H20F3N3O3/c1-4-23(5-2)16(25)12-7-9-13(10-8-12)24-15(18(19,20)21)14(11-22-24)17(26)27-6-3/h7-11H,4-6H2,1-3H3. The molecule has 1 aromatic heterocycles. The van der Waals surface area contributed by atoms with Gasteiger partial charge < -0.3 is 9.64 Å². The lowest BCUT2D eigenvalue weighted by Crippen LogP contribution is -2.30. The number of hydrogen-bond donors (Lipinski definition) is 0. The van der Waals surface area contributed by atoms with Crippen LogP contribution in [0.25, 0.3) is 5.69 Å². The van der Waals surface area contributed by atoms with Crippen LogP contribution in [-0.2, 0) is 10.9 Å². The Balaban J connectivity index is 2.44. The average molecular weight is 383 g/mol. The summed E-state index contributed by atoms with van der Waals surface area (Å²) in [7, 11) is 0. The van der Waals surface area contributed by atoms with Crippen molar-refractivity contribution >= 4 is 11.9 Å². The molecule has 0 aliphatic rings. The second kappa shape index (κ2) is 8.24. The smallest absolute Gasteiger partial charge is 0.434 e. The van der Waals surface area contributed by atoms with Gasteiger partial charge in [-0.25, -0.2) is 9.48 Å². The van der Waals surface area contributed by atoms with Gasteiger partial charge in [-0.3, -0.25) is 4.79 Å². The summed E-state index contributed by atoms with van der Waals surface area (Å²) in [6, 6.07) is 5.57. The second-order valence-electron chi connectivity index (χ2n) is 5.56. The summed E-state index contributed by atoms with van der Waals surface area (Å²) in [5, 5.41) is 3.70. The summed E-state index contributed by atoms with van der Waals surface area (Å²) in [6.07, 6.45) is -3.98. The quantitative estimate of drug-likeness (QED) is 0.716. The molecule has 0 fully saturated rings. The van der Waals surface area contributed by atoms with Crippen molar-refractivity contribution in [2.45, 2.75) is 26.9 Å². The fourth-order valence-corrected chi connectivity index (χ4v) is 2.61. The Morgan fingerprint density at radius 1 is 1.11 bits per heavy atom. The van der Waals surface area contributed by atoms with Gasteiger partial charge in [0.05, 0.1) is 18.5 Å². The molecule has 0 N–H and O–H groups in total. The van der Waals surface area contributed by atoms with E-state index < -0.39 is 23.4 Å². The maximum Gasteiger partial charge on any atom is 0.434 e. The molecule has 9 heteroatoms. The average Bonchev–Trinajstić information content (AvgIpc) is 3.08. The number of amides is 1. The molecule has 0 unspecified atom stereocenters. The number of hydrogen-bond acceptors (Lipinski definition) is 4. The monoisotopic (exact) mass is 383 g/mol. The highest BCUT2D eigenvalue weighted by Gasteiger charge is 2.41. The Kier molecular flexibility index (Phi) is 6.24. The Morgan fingerprint density at radius 2 is 1.70 bits per heavy atom. The normalized spacial score (nSPS) is 11.3. The van der Waals surface area contributed by atoms with Gasteiger partial charge in [-0.05, 0) is 45.0 Å². The third kappa shape index (κ3) is 4.29. The maximum absolute atomic E-state index is 13.5. The number of rotatable bonds is 6. The van der Waals surface area contributed by atoms with E-state index >= 15 is 0 Å². The number of benzene rings is 1. The van der Waals surface area contributed by atoms with E-state index in [9.17, 15) is 22.8 Å². The minimum absolute atomic E-state index is 0.0521. The molecular weight excluding hydrogens is 363 g/mol. The van der Waals surface area contributed by atoms with Gasteiger partial charge in [0.2, 0.25) is 0 Å². The first-order valence-corrected chi connectivity index (χ1v) is 8.46. The summed E-state index contributed by atoms with van der Waals surface area (Å²) in [4.78, 5) is 25.7. The zero-order valence-electron chi connectivity index (χ0n) is 15.2. The van der Waals surface area contributed by atoms with Gasteiger partial charge in [-0.1, -0.05) is 0 Å². The number of ether oxygens (including phenoxy) is 1. The van der Waals surface area contributed by atoms with Gasteiger partial charge in [0.15, 0.2) is 5.69 Å². The van der Waals surface area contributed by atoms with Crippen LogP contribution in [0.4, 0.5) is 13.2 Å². The van der Waals surface area contributed by atoms with Gasteiger partial charge in [-0.15, -0.1) is 0 Å². The summed E-state index contributed by atoms with van der Waals surface area (Å²) < 4.78 is 45.8. The lowest BCUT2D eigenvalue weighted by Gasteiger charge is -2.19. The van der Waals surface area contributed by atoms with Gasteiger partial charge in [-0.2, -0.15) is 18.3 Å². The highest BCUT2D eigenvalue weighted by molar-refractivity contribution is 5.94. The molecule has 0 saturated carbocycles. The van der Waals surface area contributed by atoms with Gasteiger partial charge in [0.1, 0.15) is 5.56 Å². The van der Waals surface area contributed by atoms with E-state index in [0.717, 1.165) is 6.20 Å². The van der Waals surface area contributed by atoms with Crippen molar-refractivity contribution < 1.29 is 27.5 Å². The number of esters is 1. The van der Waals surface area contributed by atoms with Crippen LogP contribution in [0.1, 0.15) is 47.2 Å². The minimum Gasteiger partial charge on any atom is -0.462 e. The Bertz CT molecular complexity index is 809. The highest BCUT2D eigenvalue weighted by atomic mass is 19.4. The lowest BCUT2D eigenvalue weighted by molar-refractivity contribution is -0.143. The lowest BCUT2D eigenvalue weighted by atomic mass is 10.1. The third-order valence-corrected chi connectivity index (χ3v) is 3.94. The van der Waals surface area contributed by atoms with E-state index in [-0.39, 0.29) is 18.2 Å². The molecule has 2 rings (SSSR count). The van der Waals surface area contributed by atoms with Crippen LogP contribution >= 0.6 is 0 Å². The van der Waals surface area contributed by atoms with E-state index in [0.29, 0.717) is 23.3 Å². The van der Waals surface area contributed by atoms with Crippen LogP contribution in [0.15, 0.2) is 30.5 Å². The molecule has 2 aromatic rings. The van der Waals surface area contributed by atoms with Crippen molar-refractivity contribution in [1.82, 2.24) is 14.7 Å². The van der Waals surface area contributed by atoms with E-state index in [2.05, 4.69) is 9.84 Å². The fraction of sp³-hybridized carbons (Fsp3) is 0.389. The molecule has 0 radical (unpaired) electrons. The second-order valence-corrected chi connectivity index (χ2v) is 5.56. The molecular formula is C18H20F3N3O3. The van der Waals surface area contributed by atoms with E-state index in [1.54, 1.807) is 4.90 Å². The zero-order chi connectivity index (χ0) is 20.2. The van der Waals surface area contributed by atoms with Crippen LogP contribution in [0, 0.1) is 0 Å². The number of halogens is 3. The van der Waals surface area contributed by atoms with Crippen molar-refractivity contribution in [2.24, 2.45) is 0 Å². The number of carbonyl (C=O) groups excluding carboxylic acids is 2. The molecule has 0 atom stereocenters. The first-order valence-electron chi connectivity index (χ1n) is 8.46. The van der Waals surface area contributed by atoms with Gasteiger partial charge >= 0.3 is 12.1 Å². The molecule has 0 saturated heterocycles. The SMILES string of the molecule is CCOC(=O)c1cnn(-c2ccc(C(=O)N(CC)CC)cc2)c1C(F)(F)F. The molecule has 1 heterocycles. The number of carbonyl (C=O) groups is 2. The molecule has 146 valence electrons. The topological polar surface area (TPSA) is 64.4 Å². The molecule has 1 aromatic carbocycles. The number of aromatic nitrogens is 2. The van der Waals surface area contributed by atoms with Crippen molar-refractivity contribution in [1.29, 1.82) is 0 Å². The first-order chi connectivity index (χ1) is 12.7. The first kappa shape index (κ1) is 20.5. The summed E-state index contributed by atoms with van der Waals surface area (Å²) in [5.74, 6) is -1.31. The summed E-state index contributed by atoms with van der Waals surface area (Å²) in [6.45, 7) is 6.18. The van der Waals surface area contributed by atoms with Crippen LogP contribution < -0.4 is 0 Å². The summed E-state index contributed by atoms with van der Waals surface area (Å²) in [5.41, 5.74) is -1.45. The Hall–Kier alpha value is -2.84. The van der Waals surface area contributed by atoms with Crippen LogP contribution in [0.5, 0.6) is 0 Å². The largest absolute Gasteiger partial charge is 0.462 e. The van der Waals surface area contributed by atoms with E-state index in [4.69, 9.17) is 0 Å². The van der Waals surface area contributed by atoms with Crippen molar-refractivity contribution in [3.05, 3.63) is 47.3 Å². The predicted octanol–water partition coefficient (Wildman–Crippen LogP) is 3.55. The molecule has 6 nitrogen and oxygen atoms in total. The van der Waals surface area contributed by atoms with Gasteiger partial charge in [0, 0.05) is 18.7 Å². The Labute approximate surface area is 154 Å². The zero-order valence-corrected chi connectivity index (χ0v) is 15.2. The number of nitrogens with zero attached hydrogens (tertiary/aromatic N) is 3. The molecule has 0 spiro atoms. The predicted molar refractivity (Wildman–Crippen MR) is 91.8 cm³/mol. The van der Waals surface area contributed by atoms with Crippen LogP contribution in [0.3, 0.4) is 0 Å². The summed E-state index contributed by atoms with van der Waals surface area (Å²) >= 11 is 0. The van der Waals surface area contributed by atoms with Crippen LogP contribution in [0.2, 0.25) is 0 Å². The van der Waals surface area contributed by atoms with Crippen molar-refractivity contribution in [3.63, 3.8) is 0 Å². The maximum atomic E-state index is 13.5. The van der Waals surface area contributed by atoms with Crippen molar-refractivity contribution in [3.8, 4) is 5.69 Å². The molecule has 0 aliphatic heterocycles. The minimum atomic E-state index is -4.81. The Morgan fingerprint density at radius 3 is 2.19 bits per heavy atom. The highest BCUT2D eigenvalue weighted by Crippen LogP contribution is 2.34. The third-order valence-electron chi connectivity index (χ3n) is 3.94. The molecule has 1 amide bonds. The van der Waals surface area contributed by atoms with Gasteiger partial charge in [0.25, 0.3) is 5.91 Å². The van der Waals surface area contributed by atoms with Crippen LogP contribution in [-0.4, -0.2) is 46.3 Å². The molecule has 0 bridgehead atoms. The number of alkyl halides is 3. The molecule has 0 aliphatic carbocycles.